The molecule has 2 heterocycles. The SMILES string of the molecule is CC(Nc1c(C#N)cnc2ccc(-c3cnc(Cl)c(NS(C)(=O)=O)c3)cc12)c1ccccc1F. The molecule has 4 rings (SSSR count). The zero-order valence-electron chi connectivity index (χ0n) is 18.2. The molecule has 2 aromatic carbocycles. The summed E-state index contributed by atoms with van der Waals surface area (Å²) < 4.78 is 40.0. The van der Waals surface area contributed by atoms with Crippen molar-refractivity contribution in [2.45, 2.75) is 13.0 Å². The first kappa shape index (κ1) is 23.4. The quantitative estimate of drug-likeness (QED) is 0.342. The van der Waals surface area contributed by atoms with Gasteiger partial charge in [0, 0.05) is 28.9 Å². The molecule has 2 aromatic heterocycles. The van der Waals surface area contributed by atoms with Gasteiger partial charge < -0.3 is 5.32 Å². The Labute approximate surface area is 201 Å². The predicted octanol–water partition coefficient (Wildman–Crippen LogP) is 5.51. The standard InChI is InChI=1S/C24H19ClFN5O2S/c1-14(18-5-3-4-6-20(18)26)30-23-17(11-27)13-28-21-8-7-15(9-19(21)23)16-10-22(24(25)29-12-16)31-34(2,32)33/h3-10,12-14,31H,1-2H3,(H,28,30). The lowest BCUT2D eigenvalue weighted by atomic mass is 10.0. The summed E-state index contributed by atoms with van der Waals surface area (Å²) in [4.78, 5) is 8.45. The van der Waals surface area contributed by atoms with Gasteiger partial charge in [0.2, 0.25) is 10.0 Å². The Hall–Kier alpha value is -3.74. The zero-order chi connectivity index (χ0) is 24.5. The summed E-state index contributed by atoms with van der Waals surface area (Å²) >= 11 is 6.05. The van der Waals surface area contributed by atoms with E-state index in [0.717, 1.165) is 6.26 Å². The molecule has 0 fully saturated rings. The van der Waals surface area contributed by atoms with Crippen molar-refractivity contribution in [1.82, 2.24) is 9.97 Å². The highest BCUT2D eigenvalue weighted by molar-refractivity contribution is 7.92. The molecule has 0 bridgehead atoms. The van der Waals surface area contributed by atoms with Gasteiger partial charge in [-0.05, 0) is 36.8 Å². The van der Waals surface area contributed by atoms with Crippen LogP contribution in [0.25, 0.3) is 22.0 Å². The number of hydrogen-bond acceptors (Lipinski definition) is 6. The smallest absolute Gasteiger partial charge is 0.229 e. The highest BCUT2D eigenvalue weighted by Gasteiger charge is 2.16. The van der Waals surface area contributed by atoms with E-state index in [1.807, 2.05) is 13.0 Å². The van der Waals surface area contributed by atoms with E-state index in [9.17, 15) is 18.1 Å². The molecule has 0 spiro atoms. The number of fused-ring (bicyclic) bond motifs is 1. The molecule has 0 aliphatic rings. The van der Waals surface area contributed by atoms with Crippen molar-refractivity contribution in [3.05, 3.63) is 83.0 Å². The number of rotatable bonds is 6. The first-order valence-electron chi connectivity index (χ1n) is 10.1. The van der Waals surface area contributed by atoms with Crippen molar-refractivity contribution in [2.24, 2.45) is 0 Å². The first-order chi connectivity index (χ1) is 16.2. The van der Waals surface area contributed by atoms with Gasteiger partial charge in [-0.2, -0.15) is 5.26 Å². The second-order valence-electron chi connectivity index (χ2n) is 7.71. The minimum absolute atomic E-state index is 0.0180. The summed E-state index contributed by atoms with van der Waals surface area (Å²) in [5, 5.41) is 13.6. The number of nitriles is 1. The second kappa shape index (κ2) is 9.25. The number of pyridine rings is 2. The summed E-state index contributed by atoms with van der Waals surface area (Å²) in [5.41, 5.74) is 3.37. The Bertz CT molecular complexity index is 1550. The molecule has 1 unspecified atom stereocenters. The summed E-state index contributed by atoms with van der Waals surface area (Å²) in [6.45, 7) is 1.81. The summed E-state index contributed by atoms with van der Waals surface area (Å²) in [5.74, 6) is -0.349. The van der Waals surface area contributed by atoms with Gasteiger partial charge in [0.25, 0.3) is 0 Å². The van der Waals surface area contributed by atoms with Gasteiger partial charge in [-0.1, -0.05) is 35.9 Å². The molecular weight excluding hydrogens is 477 g/mol. The van der Waals surface area contributed by atoms with Crippen LogP contribution in [0, 0.1) is 17.1 Å². The number of sulfonamides is 1. The van der Waals surface area contributed by atoms with Crippen LogP contribution in [0.5, 0.6) is 0 Å². The van der Waals surface area contributed by atoms with Crippen molar-refractivity contribution in [1.29, 1.82) is 5.26 Å². The molecule has 0 saturated carbocycles. The van der Waals surface area contributed by atoms with Crippen molar-refractivity contribution in [3.63, 3.8) is 0 Å². The van der Waals surface area contributed by atoms with Gasteiger partial charge in [-0.25, -0.2) is 17.8 Å². The molecule has 4 aromatic rings. The minimum Gasteiger partial charge on any atom is -0.377 e. The Balaban J connectivity index is 1.82. The maximum Gasteiger partial charge on any atom is 0.229 e. The molecule has 0 radical (unpaired) electrons. The van der Waals surface area contributed by atoms with E-state index in [4.69, 9.17) is 11.6 Å². The number of aromatic nitrogens is 2. The van der Waals surface area contributed by atoms with Crippen LogP contribution >= 0.6 is 11.6 Å². The van der Waals surface area contributed by atoms with Crippen molar-refractivity contribution in [2.75, 3.05) is 16.3 Å². The number of nitrogens with one attached hydrogen (secondary N) is 2. The molecule has 2 N–H and O–H groups in total. The van der Waals surface area contributed by atoms with Gasteiger partial charge in [-0.3, -0.25) is 9.71 Å². The third-order valence-corrected chi connectivity index (χ3v) is 6.08. The predicted molar refractivity (Wildman–Crippen MR) is 132 cm³/mol. The van der Waals surface area contributed by atoms with Gasteiger partial charge in [-0.15, -0.1) is 0 Å². The van der Waals surface area contributed by atoms with E-state index in [1.165, 1.54) is 18.5 Å². The van der Waals surface area contributed by atoms with E-state index in [0.29, 0.717) is 38.8 Å². The topological polar surface area (TPSA) is 108 Å². The van der Waals surface area contributed by atoms with Gasteiger partial charge in [0.1, 0.15) is 11.9 Å². The van der Waals surface area contributed by atoms with Crippen molar-refractivity contribution in [3.8, 4) is 17.2 Å². The lowest BCUT2D eigenvalue weighted by Crippen LogP contribution is -2.10. The molecular formula is C24H19ClFN5O2S. The monoisotopic (exact) mass is 495 g/mol. The van der Waals surface area contributed by atoms with Crippen molar-refractivity contribution >= 4 is 43.9 Å². The highest BCUT2D eigenvalue weighted by Crippen LogP contribution is 2.34. The lowest BCUT2D eigenvalue weighted by molar-refractivity contribution is 0.600. The van der Waals surface area contributed by atoms with Crippen LogP contribution in [-0.2, 0) is 10.0 Å². The molecule has 7 nitrogen and oxygen atoms in total. The molecule has 172 valence electrons. The summed E-state index contributed by atoms with van der Waals surface area (Å²) in [6.07, 6.45) is 4.01. The third-order valence-electron chi connectivity index (χ3n) is 5.19. The van der Waals surface area contributed by atoms with Gasteiger partial charge in [0.05, 0.1) is 34.8 Å². The number of benzene rings is 2. The molecule has 0 aliphatic heterocycles. The number of hydrogen-bond donors (Lipinski definition) is 2. The first-order valence-corrected chi connectivity index (χ1v) is 12.4. The second-order valence-corrected chi connectivity index (χ2v) is 9.82. The third kappa shape index (κ3) is 4.93. The summed E-state index contributed by atoms with van der Waals surface area (Å²) in [7, 11) is -3.55. The Morgan fingerprint density at radius 2 is 1.85 bits per heavy atom. The number of anilines is 2. The van der Waals surface area contributed by atoms with Crippen molar-refractivity contribution < 1.29 is 12.8 Å². The average molecular weight is 496 g/mol. The maximum atomic E-state index is 14.3. The number of halogens is 2. The van der Waals surface area contributed by atoms with Crippen LogP contribution in [0.15, 0.2) is 60.9 Å². The van der Waals surface area contributed by atoms with E-state index in [-0.39, 0.29) is 16.7 Å². The Morgan fingerprint density at radius 3 is 2.56 bits per heavy atom. The van der Waals surface area contributed by atoms with Crippen LogP contribution < -0.4 is 10.0 Å². The van der Waals surface area contributed by atoms with Gasteiger partial charge in [0.15, 0.2) is 5.15 Å². The van der Waals surface area contributed by atoms with E-state index in [2.05, 4.69) is 26.1 Å². The fourth-order valence-electron chi connectivity index (χ4n) is 3.61. The van der Waals surface area contributed by atoms with E-state index >= 15 is 0 Å². The van der Waals surface area contributed by atoms with Crippen LogP contribution in [0.3, 0.4) is 0 Å². The van der Waals surface area contributed by atoms with Gasteiger partial charge >= 0.3 is 0 Å². The average Bonchev–Trinajstić information content (AvgIpc) is 2.80. The van der Waals surface area contributed by atoms with Crippen LogP contribution in [0.2, 0.25) is 5.15 Å². The minimum atomic E-state index is -3.55. The molecule has 1 atom stereocenters. The zero-order valence-corrected chi connectivity index (χ0v) is 19.7. The normalized spacial score (nSPS) is 12.2. The van der Waals surface area contributed by atoms with E-state index in [1.54, 1.807) is 36.4 Å². The maximum absolute atomic E-state index is 14.3. The molecule has 0 aliphatic carbocycles. The van der Waals surface area contributed by atoms with Crippen LogP contribution in [-0.4, -0.2) is 24.6 Å². The molecule has 0 amide bonds. The molecule has 34 heavy (non-hydrogen) atoms. The van der Waals surface area contributed by atoms with Crippen LogP contribution in [0.4, 0.5) is 15.8 Å². The fourth-order valence-corrected chi connectivity index (χ4v) is 4.37. The highest BCUT2D eigenvalue weighted by atomic mass is 35.5. The van der Waals surface area contributed by atoms with Crippen LogP contribution in [0.1, 0.15) is 24.1 Å². The Morgan fingerprint density at radius 1 is 1.09 bits per heavy atom. The lowest BCUT2D eigenvalue weighted by Gasteiger charge is -2.19. The molecule has 10 heteroatoms. The summed E-state index contributed by atoms with van der Waals surface area (Å²) in [6, 6.07) is 15.1. The largest absolute Gasteiger partial charge is 0.377 e. The number of nitrogens with zero attached hydrogens (tertiary/aromatic N) is 3. The van der Waals surface area contributed by atoms with E-state index < -0.39 is 16.1 Å². The fraction of sp³-hybridized carbons (Fsp3) is 0.125. The Kier molecular flexibility index (Phi) is 6.37. The molecule has 0 saturated heterocycles.